The number of benzene rings is 2. The van der Waals surface area contributed by atoms with Crippen molar-refractivity contribution in [2.45, 2.75) is 26.3 Å². The van der Waals surface area contributed by atoms with Crippen LogP contribution in [0.15, 0.2) is 54.7 Å². The predicted molar refractivity (Wildman–Crippen MR) is 96.1 cm³/mol. The number of carbonyl (C=O) groups is 1. The highest BCUT2D eigenvalue weighted by atomic mass is 35.5. The van der Waals surface area contributed by atoms with Gasteiger partial charge in [-0.25, -0.2) is 0 Å². The first kappa shape index (κ1) is 15.6. The van der Waals surface area contributed by atoms with Crippen molar-refractivity contribution in [1.29, 1.82) is 0 Å². The molecule has 2 aromatic carbocycles. The Morgan fingerprint density at radius 1 is 1.22 bits per heavy atom. The first-order valence-electron chi connectivity index (χ1n) is 7.75. The molecule has 0 aliphatic heterocycles. The third-order valence-electron chi connectivity index (χ3n) is 4.12. The number of carbonyl (C=O) groups excluding carboxylic acids is 1. The van der Waals surface area contributed by atoms with Crippen LogP contribution in [-0.4, -0.2) is 10.5 Å². The maximum atomic E-state index is 12.5. The van der Waals surface area contributed by atoms with Crippen LogP contribution in [0.5, 0.6) is 0 Å². The van der Waals surface area contributed by atoms with Crippen LogP contribution < -0.4 is 5.32 Å². The van der Waals surface area contributed by atoms with Crippen LogP contribution in [0, 0.1) is 0 Å². The van der Waals surface area contributed by atoms with Crippen LogP contribution in [-0.2, 0) is 11.2 Å². The van der Waals surface area contributed by atoms with E-state index in [1.165, 1.54) is 5.56 Å². The number of hydrogen-bond acceptors (Lipinski definition) is 1. The number of aromatic nitrogens is 1. The van der Waals surface area contributed by atoms with E-state index in [4.69, 9.17) is 11.6 Å². The van der Waals surface area contributed by atoms with E-state index in [9.17, 15) is 4.79 Å². The van der Waals surface area contributed by atoms with E-state index in [2.05, 4.69) is 30.4 Å². The molecule has 0 saturated carbocycles. The molecule has 1 atom stereocenters. The van der Waals surface area contributed by atoms with E-state index in [0.29, 0.717) is 10.7 Å². The van der Waals surface area contributed by atoms with Crippen molar-refractivity contribution in [1.82, 2.24) is 4.57 Å². The van der Waals surface area contributed by atoms with Crippen molar-refractivity contribution in [3.63, 3.8) is 0 Å². The minimum absolute atomic E-state index is 0.0878. The van der Waals surface area contributed by atoms with Crippen LogP contribution in [0.25, 0.3) is 10.9 Å². The highest BCUT2D eigenvalue weighted by molar-refractivity contribution is 6.33. The summed E-state index contributed by atoms with van der Waals surface area (Å²) in [7, 11) is 0. The first-order valence-corrected chi connectivity index (χ1v) is 8.13. The van der Waals surface area contributed by atoms with E-state index < -0.39 is 0 Å². The molecule has 0 aliphatic carbocycles. The summed E-state index contributed by atoms with van der Waals surface area (Å²) in [6, 6.07) is 15.3. The van der Waals surface area contributed by atoms with E-state index in [1.807, 2.05) is 35.9 Å². The second-order valence-electron chi connectivity index (χ2n) is 5.61. The molecule has 23 heavy (non-hydrogen) atoms. The summed E-state index contributed by atoms with van der Waals surface area (Å²) < 4.78 is 1.99. The van der Waals surface area contributed by atoms with Gasteiger partial charge in [0.2, 0.25) is 5.91 Å². The molecule has 3 aromatic rings. The number of halogens is 1. The monoisotopic (exact) mass is 326 g/mol. The number of anilines is 1. The lowest BCUT2D eigenvalue weighted by Gasteiger charge is -2.16. The highest BCUT2D eigenvalue weighted by Gasteiger charge is 2.17. The minimum Gasteiger partial charge on any atom is -0.335 e. The van der Waals surface area contributed by atoms with Crippen molar-refractivity contribution in [2.75, 3.05) is 5.32 Å². The summed E-state index contributed by atoms with van der Waals surface area (Å²) in [5, 5.41) is 4.59. The fourth-order valence-electron chi connectivity index (χ4n) is 2.70. The average molecular weight is 327 g/mol. The average Bonchev–Trinajstić information content (AvgIpc) is 2.99. The van der Waals surface area contributed by atoms with Gasteiger partial charge in [0.05, 0.1) is 10.7 Å². The molecule has 0 fully saturated rings. The van der Waals surface area contributed by atoms with Gasteiger partial charge in [-0.15, -0.1) is 0 Å². The Bertz CT molecular complexity index is 853. The van der Waals surface area contributed by atoms with Crippen molar-refractivity contribution < 1.29 is 4.79 Å². The normalized spacial score (nSPS) is 12.3. The molecular formula is C19H19ClN2O. The number of hydrogen-bond donors (Lipinski definition) is 1. The molecule has 3 nitrogen and oxygen atoms in total. The van der Waals surface area contributed by atoms with Crippen molar-refractivity contribution in [2.24, 2.45) is 0 Å². The molecule has 0 aliphatic rings. The molecule has 3 rings (SSSR count). The lowest BCUT2D eigenvalue weighted by molar-refractivity contribution is -0.118. The molecule has 1 unspecified atom stereocenters. The molecule has 0 saturated heterocycles. The van der Waals surface area contributed by atoms with Gasteiger partial charge < -0.3 is 9.88 Å². The van der Waals surface area contributed by atoms with Crippen LogP contribution in [0.4, 0.5) is 5.69 Å². The Morgan fingerprint density at radius 2 is 2.00 bits per heavy atom. The minimum atomic E-state index is -0.323. The van der Waals surface area contributed by atoms with Gasteiger partial charge in [-0.2, -0.15) is 0 Å². The second-order valence-corrected chi connectivity index (χ2v) is 6.02. The maximum Gasteiger partial charge on any atom is 0.247 e. The second kappa shape index (κ2) is 6.47. The lowest BCUT2D eigenvalue weighted by atomic mass is 10.1. The van der Waals surface area contributed by atoms with Crippen LogP contribution in [0.3, 0.4) is 0 Å². The van der Waals surface area contributed by atoms with Gasteiger partial charge in [-0.05, 0) is 54.6 Å². The number of rotatable bonds is 4. The van der Waals surface area contributed by atoms with Gasteiger partial charge in [-0.1, -0.05) is 36.7 Å². The summed E-state index contributed by atoms with van der Waals surface area (Å²) in [5.74, 6) is -0.0878. The Morgan fingerprint density at radius 3 is 2.74 bits per heavy atom. The number of para-hydroxylation sites is 1. The summed E-state index contributed by atoms with van der Waals surface area (Å²) in [6.45, 7) is 4.02. The Balaban J connectivity index is 1.86. The molecule has 1 aromatic heterocycles. The molecule has 0 spiro atoms. The topological polar surface area (TPSA) is 34.0 Å². The fraction of sp³-hybridized carbons (Fsp3) is 0.211. The lowest BCUT2D eigenvalue weighted by Crippen LogP contribution is -2.23. The number of nitrogens with one attached hydrogen (secondary N) is 1. The first-order chi connectivity index (χ1) is 11.1. The molecule has 1 N–H and O–H groups in total. The third kappa shape index (κ3) is 3.10. The molecule has 1 heterocycles. The zero-order valence-electron chi connectivity index (χ0n) is 13.2. The van der Waals surface area contributed by atoms with E-state index in [0.717, 1.165) is 17.3 Å². The van der Waals surface area contributed by atoms with Crippen LogP contribution in [0.2, 0.25) is 5.02 Å². The highest BCUT2D eigenvalue weighted by Crippen LogP contribution is 2.25. The van der Waals surface area contributed by atoms with Gasteiger partial charge in [0.1, 0.15) is 6.04 Å². The number of aryl methyl sites for hydroxylation is 1. The summed E-state index contributed by atoms with van der Waals surface area (Å²) in [6.07, 6.45) is 2.96. The van der Waals surface area contributed by atoms with Gasteiger partial charge in [0.15, 0.2) is 0 Å². The van der Waals surface area contributed by atoms with Gasteiger partial charge >= 0.3 is 0 Å². The Kier molecular flexibility index (Phi) is 4.39. The predicted octanol–water partition coefficient (Wildman–Crippen LogP) is 5.06. The van der Waals surface area contributed by atoms with E-state index in [1.54, 1.807) is 12.1 Å². The smallest absolute Gasteiger partial charge is 0.247 e. The molecule has 4 heteroatoms. The maximum absolute atomic E-state index is 12.5. The standard InChI is InChI=1S/C19H19ClN2O/c1-3-14-8-9-18-15(12-14)10-11-22(18)13(2)19(23)21-17-7-5-4-6-16(17)20/h4-13H,3H2,1-2H3,(H,21,23). The van der Waals surface area contributed by atoms with Crippen LogP contribution >= 0.6 is 11.6 Å². The largest absolute Gasteiger partial charge is 0.335 e. The third-order valence-corrected chi connectivity index (χ3v) is 4.45. The summed E-state index contributed by atoms with van der Waals surface area (Å²) in [4.78, 5) is 12.5. The summed E-state index contributed by atoms with van der Waals surface area (Å²) >= 11 is 6.10. The van der Waals surface area contributed by atoms with E-state index >= 15 is 0 Å². The van der Waals surface area contributed by atoms with E-state index in [-0.39, 0.29) is 11.9 Å². The molecule has 0 radical (unpaired) electrons. The quantitative estimate of drug-likeness (QED) is 0.714. The Labute approximate surface area is 140 Å². The molecule has 118 valence electrons. The van der Waals surface area contributed by atoms with Gasteiger partial charge in [0, 0.05) is 11.7 Å². The summed E-state index contributed by atoms with van der Waals surface area (Å²) in [5.41, 5.74) is 2.99. The SMILES string of the molecule is CCc1ccc2c(ccn2C(C)C(=O)Nc2ccccc2Cl)c1. The Hall–Kier alpha value is -2.26. The number of fused-ring (bicyclic) bond motifs is 1. The van der Waals surface area contributed by atoms with Crippen molar-refractivity contribution in [3.8, 4) is 0 Å². The molecule has 0 bridgehead atoms. The number of nitrogens with zero attached hydrogens (tertiary/aromatic N) is 1. The van der Waals surface area contributed by atoms with Gasteiger partial charge in [-0.3, -0.25) is 4.79 Å². The van der Waals surface area contributed by atoms with Crippen LogP contribution in [0.1, 0.15) is 25.5 Å². The molecular weight excluding hydrogens is 308 g/mol. The number of amides is 1. The molecule has 1 amide bonds. The van der Waals surface area contributed by atoms with Crippen molar-refractivity contribution >= 4 is 34.1 Å². The zero-order chi connectivity index (χ0) is 16.4. The zero-order valence-corrected chi connectivity index (χ0v) is 14.0. The van der Waals surface area contributed by atoms with Crippen molar-refractivity contribution in [3.05, 3.63) is 65.3 Å². The fourth-order valence-corrected chi connectivity index (χ4v) is 2.88. The van der Waals surface area contributed by atoms with Gasteiger partial charge in [0.25, 0.3) is 0 Å².